The van der Waals surface area contributed by atoms with Crippen LogP contribution in [0, 0.1) is 0 Å². The van der Waals surface area contributed by atoms with Gasteiger partial charge >= 0.3 is 0 Å². The number of carbonyl (C=O) groups is 4. The van der Waals surface area contributed by atoms with Crippen LogP contribution in [-0.4, -0.2) is 41.6 Å². The van der Waals surface area contributed by atoms with E-state index in [0.717, 1.165) is 51.6 Å². The number of primary amides is 3. The fourth-order valence-electron chi connectivity index (χ4n) is 4.09. The van der Waals surface area contributed by atoms with Gasteiger partial charge < -0.3 is 22.1 Å². The van der Waals surface area contributed by atoms with Crippen LogP contribution in [-0.2, 0) is 9.59 Å². The Balaban J connectivity index is 0.000000427. The van der Waals surface area contributed by atoms with Crippen LogP contribution in [0.3, 0.4) is 0 Å². The van der Waals surface area contributed by atoms with Crippen molar-refractivity contribution in [3.63, 3.8) is 0 Å². The van der Waals surface area contributed by atoms with Gasteiger partial charge in [-0.1, -0.05) is 57.8 Å². The molecule has 196 valence electrons. The summed E-state index contributed by atoms with van der Waals surface area (Å²) in [6.07, 6.45) is 16.5. The molecular weight excluding hydrogens is 444 g/mol. The standard InChI is InChI=1S/C19H36N2O2.C8H8N2O2/c20-18(22)14-10-6-2-3-7-11-15-19(23)21-16-12-8-4-1-5-9-13-17-21;9-7(11)5-1-2-6(4-3-5)8(10)12/h1-17H2,(H2,20,22);1-4H,(H2,9,11)(H2,10,12). The van der Waals surface area contributed by atoms with Crippen molar-refractivity contribution in [1.29, 1.82) is 0 Å². The van der Waals surface area contributed by atoms with E-state index in [1.54, 1.807) is 0 Å². The van der Waals surface area contributed by atoms with Crippen LogP contribution >= 0.6 is 0 Å². The third-order valence-electron chi connectivity index (χ3n) is 6.23. The molecule has 1 fully saturated rings. The van der Waals surface area contributed by atoms with Crippen molar-refractivity contribution in [3.05, 3.63) is 35.4 Å². The summed E-state index contributed by atoms with van der Waals surface area (Å²) in [4.78, 5) is 46.3. The molecule has 0 saturated carbocycles. The first kappa shape index (κ1) is 30.1. The minimum atomic E-state index is -0.522. The number of amides is 4. The molecule has 4 amide bonds. The number of rotatable bonds is 11. The molecule has 0 aromatic heterocycles. The zero-order valence-corrected chi connectivity index (χ0v) is 21.1. The summed E-state index contributed by atoms with van der Waals surface area (Å²) in [6.45, 7) is 1.93. The Morgan fingerprint density at radius 3 is 1.34 bits per heavy atom. The van der Waals surface area contributed by atoms with Gasteiger partial charge in [-0.3, -0.25) is 19.2 Å². The fraction of sp³-hybridized carbons (Fsp3) is 0.630. The van der Waals surface area contributed by atoms with Crippen molar-refractivity contribution in [3.8, 4) is 0 Å². The molecule has 8 heteroatoms. The lowest BCUT2D eigenvalue weighted by Crippen LogP contribution is -2.33. The molecule has 0 bridgehead atoms. The van der Waals surface area contributed by atoms with Gasteiger partial charge in [0.15, 0.2) is 0 Å². The zero-order chi connectivity index (χ0) is 25.9. The Bertz CT molecular complexity index is 737. The highest BCUT2D eigenvalue weighted by Gasteiger charge is 2.13. The Hall–Kier alpha value is -2.90. The second-order valence-electron chi connectivity index (χ2n) is 9.25. The number of carbonyl (C=O) groups excluding carboxylic acids is 4. The molecule has 1 aromatic rings. The number of unbranched alkanes of at least 4 members (excludes halogenated alkanes) is 5. The summed E-state index contributed by atoms with van der Waals surface area (Å²) in [5.41, 5.74) is 15.8. The Morgan fingerprint density at radius 1 is 0.571 bits per heavy atom. The fourth-order valence-corrected chi connectivity index (χ4v) is 4.09. The molecule has 0 aliphatic carbocycles. The van der Waals surface area contributed by atoms with Gasteiger partial charge in [0.05, 0.1) is 0 Å². The summed E-state index contributed by atoms with van der Waals surface area (Å²) in [6, 6.07) is 5.84. The van der Waals surface area contributed by atoms with Gasteiger partial charge in [0.2, 0.25) is 23.6 Å². The van der Waals surface area contributed by atoms with E-state index in [2.05, 4.69) is 4.90 Å². The van der Waals surface area contributed by atoms with Gasteiger partial charge in [-0.05, 0) is 49.9 Å². The van der Waals surface area contributed by atoms with Crippen LogP contribution in [0.5, 0.6) is 0 Å². The molecule has 0 unspecified atom stereocenters. The summed E-state index contributed by atoms with van der Waals surface area (Å²) in [7, 11) is 0. The van der Waals surface area contributed by atoms with Crippen molar-refractivity contribution < 1.29 is 19.2 Å². The second-order valence-corrected chi connectivity index (χ2v) is 9.25. The third-order valence-corrected chi connectivity index (χ3v) is 6.23. The highest BCUT2D eigenvalue weighted by Crippen LogP contribution is 2.14. The maximum absolute atomic E-state index is 12.3. The minimum Gasteiger partial charge on any atom is -0.370 e. The van der Waals surface area contributed by atoms with Gasteiger partial charge in [-0.2, -0.15) is 0 Å². The van der Waals surface area contributed by atoms with E-state index in [1.165, 1.54) is 69.2 Å². The molecular formula is C27H44N4O4. The first-order valence-electron chi connectivity index (χ1n) is 13.1. The lowest BCUT2D eigenvalue weighted by Gasteiger charge is -2.24. The van der Waals surface area contributed by atoms with Crippen LogP contribution in [0.15, 0.2) is 24.3 Å². The first-order chi connectivity index (χ1) is 16.8. The molecule has 8 nitrogen and oxygen atoms in total. The summed E-state index contributed by atoms with van der Waals surface area (Å²) >= 11 is 0. The SMILES string of the molecule is NC(=O)CCCCCCCCC(=O)N1CCCCCCCCC1.NC(=O)c1ccc(C(N)=O)cc1. The van der Waals surface area contributed by atoms with Crippen LogP contribution in [0.25, 0.3) is 0 Å². The van der Waals surface area contributed by atoms with E-state index in [1.807, 2.05) is 0 Å². The lowest BCUT2D eigenvalue weighted by molar-refractivity contribution is -0.131. The monoisotopic (exact) mass is 488 g/mol. The van der Waals surface area contributed by atoms with E-state index >= 15 is 0 Å². The Kier molecular flexibility index (Phi) is 15.9. The molecule has 0 spiro atoms. The largest absolute Gasteiger partial charge is 0.370 e. The topological polar surface area (TPSA) is 150 Å². The van der Waals surface area contributed by atoms with Crippen LogP contribution in [0.1, 0.15) is 117 Å². The number of nitrogens with zero attached hydrogens (tertiary/aromatic N) is 1. The molecule has 1 heterocycles. The van der Waals surface area contributed by atoms with Crippen molar-refractivity contribution in [2.75, 3.05) is 13.1 Å². The van der Waals surface area contributed by atoms with Crippen molar-refractivity contribution >= 4 is 23.6 Å². The van der Waals surface area contributed by atoms with E-state index in [0.29, 0.717) is 29.9 Å². The average Bonchev–Trinajstić information content (AvgIpc) is 2.84. The van der Waals surface area contributed by atoms with Gasteiger partial charge in [0.25, 0.3) is 0 Å². The maximum atomic E-state index is 12.3. The van der Waals surface area contributed by atoms with Crippen LogP contribution in [0.2, 0.25) is 0 Å². The number of hydrogen-bond acceptors (Lipinski definition) is 4. The smallest absolute Gasteiger partial charge is 0.248 e. The van der Waals surface area contributed by atoms with Gasteiger partial charge in [0, 0.05) is 37.1 Å². The molecule has 1 aliphatic heterocycles. The Morgan fingerprint density at radius 2 is 0.943 bits per heavy atom. The summed E-state index contributed by atoms with van der Waals surface area (Å²) in [5, 5.41) is 0. The summed E-state index contributed by atoms with van der Waals surface area (Å²) < 4.78 is 0. The molecule has 0 radical (unpaired) electrons. The van der Waals surface area contributed by atoms with Crippen LogP contribution < -0.4 is 17.2 Å². The van der Waals surface area contributed by atoms with E-state index in [9.17, 15) is 19.2 Å². The lowest BCUT2D eigenvalue weighted by atomic mass is 10.1. The van der Waals surface area contributed by atoms with Crippen molar-refractivity contribution in [2.24, 2.45) is 17.2 Å². The highest BCUT2D eigenvalue weighted by atomic mass is 16.2. The summed E-state index contributed by atoms with van der Waals surface area (Å²) in [5.74, 6) is -0.883. The molecule has 0 atom stereocenters. The van der Waals surface area contributed by atoms with Gasteiger partial charge in [-0.15, -0.1) is 0 Å². The predicted octanol–water partition coefficient (Wildman–Crippen LogP) is 4.05. The molecule has 1 aliphatic rings. The molecule has 1 saturated heterocycles. The quantitative estimate of drug-likeness (QED) is 0.403. The predicted molar refractivity (Wildman–Crippen MR) is 139 cm³/mol. The normalized spacial score (nSPS) is 14.3. The van der Waals surface area contributed by atoms with Gasteiger partial charge in [0.1, 0.15) is 0 Å². The van der Waals surface area contributed by atoms with Crippen molar-refractivity contribution in [1.82, 2.24) is 4.90 Å². The number of hydrogen-bond donors (Lipinski definition) is 3. The van der Waals surface area contributed by atoms with E-state index in [-0.39, 0.29) is 5.91 Å². The third kappa shape index (κ3) is 14.9. The molecule has 6 N–H and O–H groups in total. The van der Waals surface area contributed by atoms with E-state index < -0.39 is 11.8 Å². The average molecular weight is 489 g/mol. The highest BCUT2D eigenvalue weighted by molar-refractivity contribution is 5.96. The zero-order valence-electron chi connectivity index (χ0n) is 21.1. The molecule has 2 rings (SSSR count). The maximum Gasteiger partial charge on any atom is 0.248 e. The second kappa shape index (κ2) is 18.4. The van der Waals surface area contributed by atoms with E-state index in [4.69, 9.17) is 17.2 Å². The minimum absolute atomic E-state index is 0.199. The van der Waals surface area contributed by atoms with Gasteiger partial charge in [-0.25, -0.2) is 0 Å². The Labute approximate surface area is 210 Å². The molecule has 1 aromatic carbocycles. The van der Waals surface area contributed by atoms with Crippen LogP contribution in [0.4, 0.5) is 0 Å². The number of benzene rings is 1. The van der Waals surface area contributed by atoms with Crippen molar-refractivity contribution in [2.45, 2.75) is 96.3 Å². The first-order valence-corrected chi connectivity index (χ1v) is 13.1. The molecule has 35 heavy (non-hydrogen) atoms. The number of nitrogens with two attached hydrogens (primary N) is 3.